The van der Waals surface area contributed by atoms with E-state index < -0.39 is 0 Å². The van der Waals surface area contributed by atoms with Gasteiger partial charge >= 0.3 is 5.97 Å². The van der Waals surface area contributed by atoms with E-state index in [0.29, 0.717) is 11.3 Å². The third-order valence-electron chi connectivity index (χ3n) is 3.55. The van der Waals surface area contributed by atoms with Gasteiger partial charge in [-0.1, -0.05) is 24.3 Å². The first-order valence-corrected chi connectivity index (χ1v) is 6.85. The monoisotopic (exact) mass is 293 g/mol. The van der Waals surface area contributed by atoms with Crippen molar-refractivity contribution in [2.75, 3.05) is 14.2 Å². The Morgan fingerprint density at radius 3 is 2.68 bits per heavy atom. The number of benzene rings is 2. The summed E-state index contributed by atoms with van der Waals surface area (Å²) in [6, 6.07) is 15.1. The number of pyridine rings is 1. The predicted octanol–water partition coefficient (Wildman–Crippen LogP) is 3.70. The van der Waals surface area contributed by atoms with Crippen LogP contribution in [0.5, 0.6) is 5.75 Å². The molecule has 1 aromatic heterocycles. The molecule has 3 rings (SSSR count). The number of rotatable bonds is 3. The van der Waals surface area contributed by atoms with Gasteiger partial charge in [-0.25, -0.2) is 4.79 Å². The predicted molar refractivity (Wildman–Crippen MR) is 85.1 cm³/mol. The number of hydrogen-bond acceptors (Lipinski definition) is 4. The average molecular weight is 293 g/mol. The van der Waals surface area contributed by atoms with Crippen molar-refractivity contribution in [2.45, 2.75) is 0 Å². The topological polar surface area (TPSA) is 48.4 Å². The lowest BCUT2D eigenvalue weighted by Crippen LogP contribution is -2.01. The van der Waals surface area contributed by atoms with E-state index in [9.17, 15) is 4.79 Å². The van der Waals surface area contributed by atoms with Crippen LogP contribution >= 0.6 is 0 Å². The summed E-state index contributed by atoms with van der Waals surface area (Å²) in [7, 11) is 2.99. The molecule has 0 aliphatic carbocycles. The van der Waals surface area contributed by atoms with Crippen molar-refractivity contribution in [3.63, 3.8) is 0 Å². The van der Waals surface area contributed by atoms with Crippen molar-refractivity contribution >= 4 is 16.7 Å². The first-order valence-electron chi connectivity index (χ1n) is 6.85. The fraction of sp³-hybridized carbons (Fsp3) is 0.111. The van der Waals surface area contributed by atoms with Crippen LogP contribution in [0.25, 0.3) is 22.0 Å². The summed E-state index contributed by atoms with van der Waals surface area (Å²) in [6.07, 6.45) is 1.72. The molecule has 0 spiro atoms. The first kappa shape index (κ1) is 14.1. The molecule has 0 amide bonds. The van der Waals surface area contributed by atoms with Crippen molar-refractivity contribution < 1.29 is 14.3 Å². The molecular formula is C18H15NO3. The van der Waals surface area contributed by atoms with Crippen LogP contribution in [0.3, 0.4) is 0 Å². The molecule has 4 heteroatoms. The van der Waals surface area contributed by atoms with Gasteiger partial charge in [0.15, 0.2) is 0 Å². The molecule has 0 saturated carbocycles. The second kappa shape index (κ2) is 5.85. The fourth-order valence-electron chi connectivity index (χ4n) is 2.48. The Labute approximate surface area is 128 Å². The second-order valence-electron chi connectivity index (χ2n) is 4.79. The van der Waals surface area contributed by atoms with Gasteiger partial charge in [0.05, 0.1) is 19.8 Å². The van der Waals surface area contributed by atoms with E-state index >= 15 is 0 Å². The lowest BCUT2D eigenvalue weighted by Gasteiger charge is -2.11. The molecule has 2 aromatic carbocycles. The lowest BCUT2D eigenvalue weighted by molar-refractivity contribution is 0.0601. The number of aromatic nitrogens is 1. The van der Waals surface area contributed by atoms with Gasteiger partial charge in [0.2, 0.25) is 0 Å². The molecular weight excluding hydrogens is 278 g/mol. The molecule has 110 valence electrons. The van der Waals surface area contributed by atoms with Gasteiger partial charge < -0.3 is 9.47 Å². The molecule has 22 heavy (non-hydrogen) atoms. The number of esters is 1. The minimum Gasteiger partial charge on any atom is -0.494 e. The maximum Gasteiger partial charge on any atom is 0.337 e. The molecule has 0 bridgehead atoms. The lowest BCUT2D eigenvalue weighted by atomic mass is 9.99. The number of carbonyl (C=O) groups excluding carboxylic acids is 1. The van der Waals surface area contributed by atoms with Crippen molar-refractivity contribution in [1.29, 1.82) is 0 Å². The molecule has 0 unspecified atom stereocenters. The third kappa shape index (κ3) is 2.39. The van der Waals surface area contributed by atoms with Crippen LogP contribution in [0.2, 0.25) is 0 Å². The number of nitrogens with zero attached hydrogens (tertiary/aromatic N) is 1. The minimum absolute atomic E-state index is 0.357. The van der Waals surface area contributed by atoms with E-state index in [-0.39, 0.29) is 5.97 Å². The summed E-state index contributed by atoms with van der Waals surface area (Å²) in [6.45, 7) is 0. The van der Waals surface area contributed by atoms with Gasteiger partial charge in [-0.2, -0.15) is 0 Å². The number of fused-ring (bicyclic) bond motifs is 1. The van der Waals surface area contributed by atoms with Crippen LogP contribution in [-0.4, -0.2) is 25.2 Å². The van der Waals surface area contributed by atoms with E-state index in [0.717, 1.165) is 22.0 Å². The highest BCUT2D eigenvalue weighted by Gasteiger charge is 2.12. The molecule has 0 fully saturated rings. The third-order valence-corrected chi connectivity index (χ3v) is 3.55. The van der Waals surface area contributed by atoms with Crippen LogP contribution in [0.15, 0.2) is 54.7 Å². The molecule has 0 radical (unpaired) electrons. The Hall–Kier alpha value is -2.88. The van der Waals surface area contributed by atoms with Crippen molar-refractivity contribution in [3.8, 4) is 17.0 Å². The molecule has 0 N–H and O–H groups in total. The van der Waals surface area contributed by atoms with Crippen LogP contribution in [0.1, 0.15) is 10.4 Å². The quantitative estimate of drug-likeness (QED) is 0.691. The van der Waals surface area contributed by atoms with Gasteiger partial charge in [-0.05, 0) is 35.0 Å². The fourth-order valence-corrected chi connectivity index (χ4v) is 2.48. The molecule has 0 aliphatic rings. The number of ether oxygens (including phenoxy) is 2. The Morgan fingerprint density at radius 2 is 1.91 bits per heavy atom. The summed E-state index contributed by atoms with van der Waals surface area (Å²) in [5.41, 5.74) is 2.18. The summed E-state index contributed by atoms with van der Waals surface area (Å²) in [5, 5.41) is 1.96. The summed E-state index contributed by atoms with van der Waals surface area (Å²) >= 11 is 0. The zero-order chi connectivity index (χ0) is 15.5. The van der Waals surface area contributed by atoms with Gasteiger partial charge in [-0.3, -0.25) is 4.98 Å². The first-order chi connectivity index (χ1) is 10.7. The van der Waals surface area contributed by atoms with Crippen molar-refractivity contribution in [3.05, 3.63) is 60.3 Å². The van der Waals surface area contributed by atoms with E-state index in [1.807, 2.05) is 42.5 Å². The van der Waals surface area contributed by atoms with Crippen LogP contribution in [-0.2, 0) is 4.74 Å². The van der Waals surface area contributed by atoms with E-state index in [4.69, 9.17) is 9.47 Å². The highest BCUT2D eigenvalue weighted by Crippen LogP contribution is 2.33. The molecule has 1 heterocycles. The zero-order valence-corrected chi connectivity index (χ0v) is 12.4. The molecule has 0 aliphatic heterocycles. The van der Waals surface area contributed by atoms with E-state index in [1.54, 1.807) is 19.4 Å². The summed E-state index contributed by atoms with van der Waals surface area (Å²) in [4.78, 5) is 16.2. The summed E-state index contributed by atoms with van der Waals surface area (Å²) in [5.74, 6) is 0.336. The Kier molecular flexibility index (Phi) is 3.74. The maximum absolute atomic E-state index is 11.8. The average Bonchev–Trinajstić information content (AvgIpc) is 2.60. The normalized spacial score (nSPS) is 10.5. The van der Waals surface area contributed by atoms with Crippen molar-refractivity contribution in [2.24, 2.45) is 0 Å². The van der Waals surface area contributed by atoms with Crippen molar-refractivity contribution in [1.82, 2.24) is 4.98 Å². The maximum atomic E-state index is 11.8. The number of hydrogen-bond donors (Lipinski definition) is 0. The zero-order valence-electron chi connectivity index (χ0n) is 12.4. The van der Waals surface area contributed by atoms with E-state index in [1.165, 1.54) is 7.11 Å². The van der Waals surface area contributed by atoms with Crippen LogP contribution < -0.4 is 4.74 Å². The van der Waals surface area contributed by atoms with Gasteiger partial charge in [0, 0.05) is 11.8 Å². The van der Waals surface area contributed by atoms with Gasteiger partial charge in [0.1, 0.15) is 11.4 Å². The van der Waals surface area contributed by atoms with Crippen LogP contribution in [0, 0.1) is 0 Å². The Balaban J connectivity index is 2.27. The largest absolute Gasteiger partial charge is 0.494 e. The molecule has 0 saturated heterocycles. The Bertz CT molecular complexity index is 843. The Morgan fingerprint density at radius 1 is 1.05 bits per heavy atom. The minimum atomic E-state index is -0.357. The molecule has 4 nitrogen and oxygen atoms in total. The molecule has 0 atom stereocenters. The van der Waals surface area contributed by atoms with Crippen LogP contribution in [0.4, 0.5) is 0 Å². The van der Waals surface area contributed by atoms with Gasteiger partial charge in [-0.15, -0.1) is 0 Å². The highest BCUT2D eigenvalue weighted by atomic mass is 16.5. The summed E-state index contributed by atoms with van der Waals surface area (Å²) < 4.78 is 10.2. The highest BCUT2D eigenvalue weighted by molar-refractivity contribution is 6.01. The SMILES string of the molecule is COC(=O)c1ccc2cccc(-c3ncccc3OC)c2c1. The van der Waals surface area contributed by atoms with E-state index in [2.05, 4.69) is 4.98 Å². The smallest absolute Gasteiger partial charge is 0.337 e. The standard InChI is InChI=1S/C18H15NO3/c1-21-16-7-4-10-19-17(16)14-6-3-5-12-8-9-13(11-15(12)14)18(20)22-2/h3-11H,1-2H3. The number of carbonyl (C=O) groups is 1. The molecule has 3 aromatic rings. The second-order valence-corrected chi connectivity index (χ2v) is 4.79. The van der Waals surface area contributed by atoms with Gasteiger partial charge in [0.25, 0.3) is 0 Å². The number of methoxy groups -OCH3 is 2.